The molecule has 1 saturated heterocycles. The van der Waals surface area contributed by atoms with Crippen molar-refractivity contribution in [3.05, 3.63) is 0 Å². The van der Waals surface area contributed by atoms with Gasteiger partial charge in [0.1, 0.15) is 0 Å². The first-order valence-electron chi connectivity index (χ1n) is 7.68. The summed E-state index contributed by atoms with van der Waals surface area (Å²) in [5.74, 6) is 0.897. The normalized spacial score (nSPS) is 29.3. The van der Waals surface area contributed by atoms with E-state index in [0.717, 1.165) is 12.0 Å². The van der Waals surface area contributed by atoms with Gasteiger partial charge in [0, 0.05) is 31.2 Å². The van der Waals surface area contributed by atoms with Gasteiger partial charge >= 0.3 is 0 Å². The Morgan fingerprint density at radius 2 is 1.88 bits per heavy atom. The maximum Gasteiger partial charge on any atom is 0.0309 e. The molecule has 2 nitrogen and oxygen atoms in total. The molecule has 0 aromatic carbocycles. The summed E-state index contributed by atoms with van der Waals surface area (Å²) in [5, 5.41) is 3.84. The van der Waals surface area contributed by atoms with Crippen molar-refractivity contribution in [3.63, 3.8) is 0 Å². The van der Waals surface area contributed by atoms with E-state index < -0.39 is 0 Å². The number of nitrogens with zero attached hydrogens (tertiary/aromatic N) is 1. The first-order valence-corrected chi connectivity index (χ1v) is 7.68. The van der Waals surface area contributed by atoms with E-state index in [1.807, 2.05) is 0 Å². The Kier molecular flexibility index (Phi) is 4.48. The first-order chi connectivity index (χ1) is 8.19. The third-order valence-electron chi connectivity index (χ3n) is 5.11. The molecule has 1 N–H and O–H groups in total. The van der Waals surface area contributed by atoms with E-state index in [0.29, 0.717) is 5.54 Å². The van der Waals surface area contributed by atoms with Gasteiger partial charge in [-0.2, -0.15) is 0 Å². The molecule has 2 heteroatoms. The Bertz CT molecular complexity index is 229. The summed E-state index contributed by atoms with van der Waals surface area (Å²) >= 11 is 0. The molecule has 0 radical (unpaired) electrons. The highest BCUT2D eigenvalue weighted by molar-refractivity contribution is 5.00. The SMILES string of the molecule is CCC(CC)CN1CC2(CCCC2)NCC1C. The van der Waals surface area contributed by atoms with Gasteiger partial charge in [0.25, 0.3) is 0 Å². The zero-order valence-electron chi connectivity index (χ0n) is 12.0. The number of nitrogens with one attached hydrogen (secondary N) is 1. The van der Waals surface area contributed by atoms with Crippen molar-refractivity contribution in [1.82, 2.24) is 10.2 Å². The molecule has 0 aromatic heterocycles. The van der Waals surface area contributed by atoms with Crippen LogP contribution < -0.4 is 5.32 Å². The average molecular weight is 238 g/mol. The fraction of sp³-hybridized carbons (Fsp3) is 1.00. The maximum absolute atomic E-state index is 3.84. The molecule has 17 heavy (non-hydrogen) atoms. The lowest BCUT2D eigenvalue weighted by Crippen LogP contribution is -2.62. The third-order valence-corrected chi connectivity index (χ3v) is 5.11. The summed E-state index contributed by atoms with van der Waals surface area (Å²) in [4.78, 5) is 2.76. The summed E-state index contributed by atoms with van der Waals surface area (Å²) in [6, 6.07) is 0.724. The van der Waals surface area contributed by atoms with Crippen molar-refractivity contribution in [2.24, 2.45) is 5.92 Å². The van der Waals surface area contributed by atoms with Crippen LogP contribution in [0.1, 0.15) is 59.3 Å². The molecular weight excluding hydrogens is 208 g/mol. The van der Waals surface area contributed by atoms with Crippen LogP contribution in [-0.2, 0) is 0 Å². The van der Waals surface area contributed by atoms with Gasteiger partial charge < -0.3 is 5.32 Å². The zero-order chi connectivity index (χ0) is 12.3. The van der Waals surface area contributed by atoms with E-state index >= 15 is 0 Å². The second-order valence-corrected chi connectivity index (χ2v) is 6.33. The minimum atomic E-state index is 0.485. The molecule has 0 amide bonds. The highest BCUT2D eigenvalue weighted by Gasteiger charge is 2.39. The van der Waals surface area contributed by atoms with Gasteiger partial charge in [-0.1, -0.05) is 39.5 Å². The Hall–Kier alpha value is -0.0800. The molecule has 1 aliphatic heterocycles. The third kappa shape index (κ3) is 3.03. The summed E-state index contributed by atoms with van der Waals surface area (Å²) in [6.45, 7) is 10.9. The van der Waals surface area contributed by atoms with Crippen LogP contribution in [0.4, 0.5) is 0 Å². The lowest BCUT2D eigenvalue weighted by atomic mass is 9.91. The van der Waals surface area contributed by atoms with E-state index in [4.69, 9.17) is 0 Å². The molecule has 0 aromatic rings. The number of hydrogen-bond acceptors (Lipinski definition) is 2. The van der Waals surface area contributed by atoms with Crippen molar-refractivity contribution < 1.29 is 0 Å². The predicted octanol–water partition coefficient (Wildman–Crippen LogP) is 3.03. The minimum Gasteiger partial charge on any atom is -0.308 e. The maximum atomic E-state index is 3.84. The molecule has 1 spiro atoms. The van der Waals surface area contributed by atoms with Gasteiger partial charge in [-0.25, -0.2) is 0 Å². The van der Waals surface area contributed by atoms with Crippen LogP contribution in [-0.4, -0.2) is 36.1 Å². The molecule has 2 fully saturated rings. The van der Waals surface area contributed by atoms with Crippen LogP contribution in [0, 0.1) is 5.92 Å². The summed E-state index contributed by atoms with van der Waals surface area (Å²) in [5.41, 5.74) is 0.485. The van der Waals surface area contributed by atoms with Crippen molar-refractivity contribution in [3.8, 4) is 0 Å². The van der Waals surface area contributed by atoms with Gasteiger partial charge in [-0.05, 0) is 25.7 Å². The largest absolute Gasteiger partial charge is 0.308 e. The molecule has 1 aliphatic carbocycles. The van der Waals surface area contributed by atoms with E-state index in [9.17, 15) is 0 Å². The van der Waals surface area contributed by atoms with Gasteiger partial charge in [0.2, 0.25) is 0 Å². The summed E-state index contributed by atoms with van der Waals surface area (Å²) in [6.07, 6.45) is 8.33. The number of rotatable bonds is 4. The van der Waals surface area contributed by atoms with Gasteiger partial charge in [0.15, 0.2) is 0 Å². The average Bonchev–Trinajstić information content (AvgIpc) is 2.79. The number of piperazine rings is 1. The summed E-state index contributed by atoms with van der Waals surface area (Å²) in [7, 11) is 0. The molecule has 2 rings (SSSR count). The zero-order valence-corrected chi connectivity index (χ0v) is 12.0. The van der Waals surface area contributed by atoms with Crippen molar-refractivity contribution in [2.45, 2.75) is 70.9 Å². The van der Waals surface area contributed by atoms with Gasteiger partial charge in [-0.15, -0.1) is 0 Å². The van der Waals surface area contributed by atoms with E-state index in [1.165, 1.54) is 58.2 Å². The predicted molar refractivity (Wildman–Crippen MR) is 74.3 cm³/mol. The van der Waals surface area contributed by atoms with Crippen LogP contribution in [0.15, 0.2) is 0 Å². The molecular formula is C15H30N2. The van der Waals surface area contributed by atoms with Crippen molar-refractivity contribution >= 4 is 0 Å². The fourth-order valence-corrected chi connectivity index (χ4v) is 3.60. The van der Waals surface area contributed by atoms with Crippen LogP contribution in [0.3, 0.4) is 0 Å². The van der Waals surface area contributed by atoms with E-state index in [2.05, 4.69) is 31.0 Å². The Morgan fingerprint density at radius 1 is 1.24 bits per heavy atom. The lowest BCUT2D eigenvalue weighted by Gasteiger charge is -2.46. The molecule has 1 saturated carbocycles. The first kappa shape index (κ1) is 13.4. The minimum absolute atomic E-state index is 0.485. The highest BCUT2D eigenvalue weighted by Crippen LogP contribution is 2.33. The Balaban J connectivity index is 1.94. The molecule has 2 aliphatic rings. The monoisotopic (exact) mass is 238 g/mol. The standard InChI is InChI=1S/C15H30N2/c1-4-14(5-2)11-17-12-15(8-6-7-9-15)16-10-13(17)3/h13-14,16H,4-12H2,1-3H3. The van der Waals surface area contributed by atoms with Crippen molar-refractivity contribution in [1.29, 1.82) is 0 Å². The quantitative estimate of drug-likeness (QED) is 0.810. The molecule has 1 unspecified atom stereocenters. The second-order valence-electron chi connectivity index (χ2n) is 6.33. The second kappa shape index (κ2) is 5.71. The van der Waals surface area contributed by atoms with Crippen LogP contribution >= 0.6 is 0 Å². The molecule has 1 atom stereocenters. The van der Waals surface area contributed by atoms with Crippen LogP contribution in [0.25, 0.3) is 0 Å². The van der Waals surface area contributed by atoms with Crippen LogP contribution in [0.5, 0.6) is 0 Å². The molecule has 0 bridgehead atoms. The fourth-order valence-electron chi connectivity index (χ4n) is 3.60. The van der Waals surface area contributed by atoms with Crippen LogP contribution in [0.2, 0.25) is 0 Å². The van der Waals surface area contributed by atoms with E-state index in [1.54, 1.807) is 0 Å². The molecule has 1 heterocycles. The Labute approximate surface area is 107 Å². The van der Waals surface area contributed by atoms with E-state index in [-0.39, 0.29) is 0 Å². The smallest absolute Gasteiger partial charge is 0.0309 e. The van der Waals surface area contributed by atoms with Crippen molar-refractivity contribution in [2.75, 3.05) is 19.6 Å². The Morgan fingerprint density at radius 3 is 2.47 bits per heavy atom. The highest BCUT2D eigenvalue weighted by atomic mass is 15.3. The number of hydrogen-bond donors (Lipinski definition) is 1. The van der Waals surface area contributed by atoms with Gasteiger partial charge in [0.05, 0.1) is 0 Å². The lowest BCUT2D eigenvalue weighted by molar-refractivity contribution is 0.0728. The topological polar surface area (TPSA) is 15.3 Å². The summed E-state index contributed by atoms with van der Waals surface area (Å²) < 4.78 is 0. The van der Waals surface area contributed by atoms with Gasteiger partial charge in [-0.3, -0.25) is 4.90 Å². The molecule has 100 valence electrons.